The maximum Gasteiger partial charge on any atom is 0.352 e. The van der Waals surface area contributed by atoms with Crippen LogP contribution in [0.3, 0.4) is 0 Å². The third kappa shape index (κ3) is 3.14. The number of rotatable bonds is 5. The van der Waals surface area contributed by atoms with E-state index in [0.717, 1.165) is 12.5 Å². The SMILES string of the molecule is COC1CCC(NS(=O)(=O)c2c[nH]c(C(=O)O)c2)C1. The van der Waals surface area contributed by atoms with Gasteiger partial charge in [-0.05, 0) is 25.3 Å². The molecule has 1 saturated carbocycles. The van der Waals surface area contributed by atoms with Crippen LogP contribution in [-0.2, 0) is 14.8 Å². The molecular weight excluding hydrogens is 272 g/mol. The number of methoxy groups -OCH3 is 1. The Bertz CT molecular complexity index is 565. The molecule has 1 aliphatic carbocycles. The lowest BCUT2D eigenvalue weighted by Gasteiger charge is -2.12. The van der Waals surface area contributed by atoms with Crippen molar-refractivity contribution in [2.24, 2.45) is 0 Å². The Morgan fingerprint density at radius 1 is 1.53 bits per heavy atom. The average molecular weight is 288 g/mol. The van der Waals surface area contributed by atoms with Crippen LogP contribution in [0.25, 0.3) is 0 Å². The normalized spacial score (nSPS) is 23.6. The maximum atomic E-state index is 12.1. The van der Waals surface area contributed by atoms with E-state index in [-0.39, 0.29) is 22.7 Å². The molecule has 1 heterocycles. The van der Waals surface area contributed by atoms with Gasteiger partial charge < -0.3 is 14.8 Å². The molecule has 0 bridgehead atoms. The molecule has 1 fully saturated rings. The van der Waals surface area contributed by atoms with Crippen LogP contribution in [0.2, 0.25) is 0 Å². The minimum absolute atomic E-state index is 0.0641. The number of nitrogens with one attached hydrogen (secondary N) is 2. The Balaban J connectivity index is 2.08. The Labute approximate surface area is 111 Å². The lowest BCUT2D eigenvalue weighted by atomic mass is 10.3. The number of ether oxygens (including phenoxy) is 1. The zero-order chi connectivity index (χ0) is 14.0. The first-order valence-corrected chi connectivity index (χ1v) is 7.37. The molecule has 2 atom stereocenters. The van der Waals surface area contributed by atoms with Gasteiger partial charge in [0.2, 0.25) is 10.0 Å². The average Bonchev–Trinajstić information content (AvgIpc) is 2.95. The second-order valence-corrected chi connectivity index (χ2v) is 6.26. The van der Waals surface area contributed by atoms with Gasteiger partial charge >= 0.3 is 5.97 Å². The Morgan fingerprint density at radius 2 is 2.26 bits per heavy atom. The van der Waals surface area contributed by atoms with Gasteiger partial charge in [0.15, 0.2) is 0 Å². The van der Waals surface area contributed by atoms with Crippen molar-refractivity contribution >= 4 is 16.0 Å². The first-order valence-electron chi connectivity index (χ1n) is 5.89. The minimum atomic E-state index is -3.69. The predicted molar refractivity (Wildman–Crippen MR) is 66.5 cm³/mol. The number of aromatic nitrogens is 1. The summed E-state index contributed by atoms with van der Waals surface area (Å²) in [7, 11) is -2.08. The van der Waals surface area contributed by atoms with Crippen molar-refractivity contribution in [2.75, 3.05) is 7.11 Å². The van der Waals surface area contributed by atoms with Crippen LogP contribution >= 0.6 is 0 Å². The van der Waals surface area contributed by atoms with Crippen molar-refractivity contribution < 1.29 is 23.1 Å². The van der Waals surface area contributed by atoms with E-state index in [1.165, 1.54) is 6.20 Å². The van der Waals surface area contributed by atoms with E-state index in [0.29, 0.717) is 12.8 Å². The Morgan fingerprint density at radius 3 is 2.79 bits per heavy atom. The summed E-state index contributed by atoms with van der Waals surface area (Å²) in [5.74, 6) is -1.19. The fraction of sp³-hybridized carbons (Fsp3) is 0.545. The first kappa shape index (κ1) is 14.0. The molecule has 1 aromatic heterocycles. The molecule has 2 unspecified atom stereocenters. The number of aromatic carboxylic acids is 1. The number of hydrogen-bond donors (Lipinski definition) is 3. The molecule has 7 nitrogen and oxygen atoms in total. The molecule has 0 aliphatic heterocycles. The van der Waals surface area contributed by atoms with Crippen LogP contribution in [0.15, 0.2) is 17.2 Å². The second kappa shape index (κ2) is 5.32. The van der Waals surface area contributed by atoms with E-state index in [9.17, 15) is 13.2 Å². The highest BCUT2D eigenvalue weighted by Crippen LogP contribution is 2.23. The summed E-state index contributed by atoms with van der Waals surface area (Å²) in [5, 5.41) is 8.75. The summed E-state index contributed by atoms with van der Waals surface area (Å²) < 4.78 is 31.9. The third-order valence-corrected chi connectivity index (χ3v) is 4.74. The third-order valence-electron chi connectivity index (χ3n) is 3.24. The fourth-order valence-corrected chi connectivity index (χ4v) is 3.48. The molecule has 3 N–H and O–H groups in total. The molecule has 8 heteroatoms. The van der Waals surface area contributed by atoms with Gasteiger partial charge in [0, 0.05) is 19.3 Å². The molecular formula is C11H16N2O5S. The Kier molecular flexibility index (Phi) is 3.93. The summed E-state index contributed by atoms with van der Waals surface area (Å²) in [6.45, 7) is 0. The van der Waals surface area contributed by atoms with Gasteiger partial charge in [0.1, 0.15) is 10.6 Å². The molecule has 0 radical (unpaired) electrons. The molecule has 2 rings (SSSR count). The van der Waals surface area contributed by atoms with Gasteiger partial charge in [-0.1, -0.05) is 0 Å². The summed E-state index contributed by atoms with van der Waals surface area (Å²) in [5.41, 5.74) is -0.151. The van der Waals surface area contributed by atoms with Gasteiger partial charge in [-0.3, -0.25) is 0 Å². The first-order chi connectivity index (χ1) is 8.92. The summed E-state index contributed by atoms with van der Waals surface area (Å²) in [6, 6.07) is 0.936. The van der Waals surface area contributed by atoms with Crippen LogP contribution < -0.4 is 4.72 Å². The largest absolute Gasteiger partial charge is 0.477 e. The van der Waals surface area contributed by atoms with Gasteiger partial charge in [-0.15, -0.1) is 0 Å². The van der Waals surface area contributed by atoms with E-state index >= 15 is 0 Å². The lowest BCUT2D eigenvalue weighted by Crippen LogP contribution is -2.33. The van der Waals surface area contributed by atoms with Gasteiger partial charge in [0.25, 0.3) is 0 Å². The van der Waals surface area contributed by atoms with Crippen LogP contribution in [-0.4, -0.2) is 43.7 Å². The Hall–Kier alpha value is -1.38. The van der Waals surface area contributed by atoms with E-state index in [4.69, 9.17) is 9.84 Å². The zero-order valence-electron chi connectivity index (χ0n) is 10.4. The molecule has 1 aromatic rings. The number of carbonyl (C=O) groups is 1. The molecule has 0 saturated heterocycles. The highest BCUT2D eigenvalue weighted by molar-refractivity contribution is 7.89. The van der Waals surface area contributed by atoms with Crippen LogP contribution in [0.5, 0.6) is 0 Å². The van der Waals surface area contributed by atoms with Crippen molar-refractivity contribution in [3.63, 3.8) is 0 Å². The van der Waals surface area contributed by atoms with E-state index in [2.05, 4.69) is 9.71 Å². The zero-order valence-corrected chi connectivity index (χ0v) is 11.2. The van der Waals surface area contributed by atoms with Crippen molar-refractivity contribution in [2.45, 2.75) is 36.3 Å². The highest BCUT2D eigenvalue weighted by atomic mass is 32.2. The number of carboxylic acids is 1. The van der Waals surface area contributed by atoms with Gasteiger partial charge in [-0.25, -0.2) is 17.9 Å². The summed E-state index contributed by atoms with van der Waals surface area (Å²) in [6.07, 6.45) is 3.42. The number of aromatic amines is 1. The number of carboxylic acid groups (broad SMARTS) is 1. The lowest BCUT2D eigenvalue weighted by molar-refractivity contribution is 0.0691. The smallest absolute Gasteiger partial charge is 0.352 e. The molecule has 0 amide bonds. The van der Waals surface area contributed by atoms with E-state index in [1.807, 2.05) is 0 Å². The second-order valence-electron chi connectivity index (χ2n) is 4.54. The fourth-order valence-electron chi connectivity index (χ4n) is 2.20. The van der Waals surface area contributed by atoms with Crippen molar-refractivity contribution in [1.29, 1.82) is 0 Å². The molecule has 0 spiro atoms. The number of H-pyrrole nitrogens is 1. The number of hydrogen-bond acceptors (Lipinski definition) is 4. The standard InChI is InChI=1S/C11H16N2O5S/c1-18-8-3-2-7(4-8)13-19(16,17)9-5-10(11(14)15)12-6-9/h5-8,12-13H,2-4H2,1H3,(H,14,15). The quantitative estimate of drug-likeness (QED) is 0.733. The molecule has 1 aliphatic rings. The van der Waals surface area contributed by atoms with Crippen LogP contribution in [0.1, 0.15) is 29.8 Å². The predicted octanol–water partition coefficient (Wildman–Crippen LogP) is 0.559. The molecule has 0 aromatic carbocycles. The number of sulfonamides is 1. The van der Waals surface area contributed by atoms with Gasteiger partial charge in [-0.2, -0.15) is 0 Å². The van der Waals surface area contributed by atoms with Crippen LogP contribution in [0.4, 0.5) is 0 Å². The van der Waals surface area contributed by atoms with Crippen molar-refractivity contribution in [1.82, 2.24) is 9.71 Å². The molecule has 19 heavy (non-hydrogen) atoms. The summed E-state index contributed by atoms with van der Waals surface area (Å²) >= 11 is 0. The molecule has 106 valence electrons. The summed E-state index contributed by atoms with van der Waals surface area (Å²) in [4.78, 5) is 13.1. The van der Waals surface area contributed by atoms with Crippen LogP contribution in [0, 0.1) is 0 Å². The monoisotopic (exact) mass is 288 g/mol. The van der Waals surface area contributed by atoms with Crippen molar-refractivity contribution in [3.8, 4) is 0 Å². The highest BCUT2D eigenvalue weighted by Gasteiger charge is 2.29. The van der Waals surface area contributed by atoms with E-state index in [1.54, 1.807) is 7.11 Å². The minimum Gasteiger partial charge on any atom is -0.477 e. The topological polar surface area (TPSA) is 108 Å². The van der Waals surface area contributed by atoms with E-state index < -0.39 is 16.0 Å². The maximum absolute atomic E-state index is 12.1. The van der Waals surface area contributed by atoms with Gasteiger partial charge in [0.05, 0.1) is 6.10 Å². The van der Waals surface area contributed by atoms with Crippen molar-refractivity contribution in [3.05, 3.63) is 18.0 Å².